The van der Waals surface area contributed by atoms with Gasteiger partial charge >= 0.3 is 18.0 Å². The van der Waals surface area contributed by atoms with Gasteiger partial charge in [0.05, 0.1) is 12.1 Å². The molecule has 0 radical (unpaired) electrons. The highest BCUT2D eigenvalue weighted by atomic mass is 32.2. The first-order valence-corrected chi connectivity index (χ1v) is 11.1. The number of carbonyl (C=O) groups is 4. The number of rotatable bonds is 11. The number of nitrogens with one attached hydrogen (secondary N) is 3. The maximum absolute atomic E-state index is 12.2. The summed E-state index contributed by atoms with van der Waals surface area (Å²) in [6, 6.07) is 0.114. The molecule has 3 amide bonds. The SMILES string of the molecule is CC(=O)OCC(CC(C)NC(=O)CCCCC1SC[C@@H]2NC(=O)N[C@H]12)OC(C)=O. The molecular weight excluding hydrogens is 398 g/mol. The average molecular weight is 430 g/mol. The fourth-order valence-corrected chi connectivity index (χ4v) is 5.21. The third-order valence-corrected chi connectivity index (χ3v) is 6.42. The minimum Gasteiger partial charge on any atom is -0.462 e. The van der Waals surface area contributed by atoms with Gasteiger partial charge in [0.15, 0.2) is 0 Å². The number of hydrogen-bond donors (Lipinski definition) is 3. The lowest BCUT2D eigenvalue weighted by molar-refractivity contribution is -0.157. The zero-order chi connectivity index (χ0) is 21.4. The molecule has 2 aliphatic rings. The molecule has 2 aliphatic heterocycles. The van der Waals surface area contributed by atoms with Crippen molar-refractivity contribution in [2.24, 2.45) is 0 Å². The van der Waals surface area contributed by atoms with E-state index in [4.69, 9.17) is 9.47 Å². The van der Waals surface area contributed by atoms with Gasteiger partial charge in [-0.15, -0.1) is 0 Å². The summed E-state index contributed by atoms with van der Waals surface area (Å²) in [5.41, 5.74) is 0. The number of amides is 3. The molecule has 0 aromatic carbocycles. The van der Waals surface area contributed by atoms with Crippen LogP contribution in [0.5, 0.6) is 0 Å². The third-order valence-electron chi connectivity index (χ3n) is 4.91. The van der Waals surface area contributed by atoms with Gasteiger partial charge in [-0.3, -0.25) is 14.4 Å². The van der Waals surface area contributed by atoms with E-state index in [0.29, 0.717) is 18.1 Å². The average Bonchev–Trinajstić information content (AvgIpc) is 3.15. The first-order chi connectivity index (χ1) is 13.7. The van der Waals surface area contributed by atoms with Crippen LogP contribution in [0.15, 0.2) is 0 Å². The highest BCUT2D eigenvalue weighted by molar-refractivity contribution is 8.00. The lowest BCUT2D eigenvalue weighted by Gasteiger charge is -2.21. The van der Waals surface area contributed by atoms with Gasteiger partial charge in [0.25, 0.3) is 0 Å². The van der Waals surface area contributed by atoms with E-state index in [1.165, 1.54) is 13.8 Å². The van der Waals surface area contributed by atoms with Crippen LogP contribution in [-0.2, 0) is 23.9 Å². The molecule has 9 nitrogen and oxygen atoms in total. The van der Waals surface area contributed by atoms with E-state index in [9.17, 15) is 19.2 Å². The van der Waals surface area contributed by atoms with Crippen molar-refractivity contribution in [1.82, 2.24) is 16.0 Å². The second-order valence-electron chi connectivity index (χ2n) is 7.61. The number of thioether (sulfide) groups is 1. The molecule has 0 aliphatic carbocycles. The number of urea groups is 1. The van der Waals surface area contributed by atoms with E-state index in [2.05, 4.69) is 16.0 Å². The zero-order valence-corrected chi connectivity index (χ0v) is 18.0. The lowest BCUT2D eigenvalue weighted by Crippen LogP contribution is -2.38. The third kappa shape index (κ3) is 8.12. The molecule has 2 rings (SSSR count). The normalized spacial score (nSPS) is 24.7. The van der Waals surface area contributed by atoms with Crippen molar-refractivity contribution >= 4 is 35.6 Å². The summed E-state index contributed by atoms with van der Waals surface area (Å²) in [5.74, 6) is -0.0256. The molecule has 5 atom stereocenters. The number of carbonyl (C=O) groups excluding carboxylic acids is 4. The molecular formula is C19H31N3O6S. The van der Waals surface area contributed by atoms with Gasteiger partial charge < -0.3 is 25.4 Å². The molecule has 2 saturated heterocycles. The van der Waals surface area contributed by atoms with Crippen LogP contribution in [0.25, 0.3) is 0 Å². The van der Waals surface area contributed by atoms with Crippen LogP contribution in [0.2, 0.25) is 0 Å². The summed E-state index contributed by atoms with van der Waals surface area (Å²) in [5, 5.41) is 9.19. The van der Waals surface area contributed by atoms with Crippen LogP contribution in [0, 0.1) is 0 Å². The lowest BCUT2D eigenvalue weighted by atomic mass is 10.0. The topological polar surface area (TPSA) is 123 Å². The minimum absolute atomic E-state index is 0.0261. The second-order valence-corrected chi connectivity index (χ2v) is 8.88. The van der Waals surface area contributed by atoms with E-state index in [-0.39, 0.29) is 36.7 Å². The molecule has 0 bridgehead atoms. The molecule has 0 saturated carbocycles. The van der Waals surface area contributed by atoms with E-state index >= 15 is 0 Å². The second kappa shape index (κ2) is 11.3. The van der Waals surface area contributed by atoms with E-state index in [0.717, 1.165) is 25.0 Å². The standard InChI is InChI=1S/C19H31N3O6S/c1-11(8-14(28-13(3)24)9-27-12(2)23)20-17(25)7-5-4-6-16-18-15(10-29-16)21-19(26)22-18/h11,14-16,18H,4-10H2,1-3H3,(H,20,25)(H2,21,22,26)/t11?,14?,15-,16?,18-/m0/s1. The van der Waals surface area contributed by atoms with Gasteiger partial charge in [0.2, 0.25) is 5.91 Å². The van der Waals surface area contributed by atoms with E-state index in [1.807, 2.05) is 18.7 Å². The van der Waals surface area contributed by atoms with Crippen molar-refractivity contribution in [3.63, 3.8) is 0 Å². The van der Waals surface area contributed by atoms with Gasteiger partial charge in [-0.2, -0.15) is 11.8 Å². The summed E-state index contributed by atoms with van der Waals surface area (Å²) < 4.78 is 10.1. The molecule has 3 unspecified atom stereocenters. The van der Waals surface area contributed by atoms with Gasteiger partial charge in [-0.1, -0.05) is 6.42 Å². The Morgan fingerprint density at radius 2 is 1.97 bits per heavy atom. The summed E-state index contributed by atoms with van der Waals surface area (Å²) in [6.45, 7) is 4.38. The Bertz CT molecular complexity index is 617. The van der Waals surface area contributed by atoms with Crippen LogP contribution in [0.1, 0.15) is 52.9 Å². The van der Waals surface area contributed by atoms with Crippen molar-refractivity contribution in [2.75, 3.05) is 12.4 Å². The van der Waals surface area contributed by atoms with Crippen molar-refractivity contribution < 1.29 is 28.7 Å². The van der Waals surface area contributed by atoms with Crippen LogP contribution in [0.4, 0.5) is 4.79 Å². The molecule has 10 heteroatoms. The van der Waals surface area contributed by atoms with Gasteiger partial charge in [0, 0.05) is 43.7 Å². The number of ether oxygens (including phenoxy) is 2. The molecule has 0 aromatic rings. The molecule has 2 fully saturated rings. The van der Waals surface area contributed by atoms with Gasteiger partial charge in [-0.05, 0) is 19.8 Å². The van der Waals surface area contributed by atoms with Gasteiger partial charge in [0.1, 0.15) is 12.7 Å². The highest BCUT2D eigenvalue weighted by Gasteiger charge is 2.42. The Hall–Kier alpha value is -1.97. The van der Waals surface area contributed by atoms with Crippen molar-refractivity contribution in [3.05, 3.63) is 0 Å². The van der Waals surface area contributed by atoms with Crippen LogP contribution in [-0.4, -0.2) is 65.7 Å². The number of unbranched alkanes of at least 4 members (excludes halogenated alkanes) is 1. The quantitative estimate of drug-likeness (QED) is 0.255. The Morgan fingerprint density at radius 1 is 1.21 bits per heavy atom. The number of esters is 2. The monoisotopic (exact) mass is 429 g/mol. The molecule has 0 aromatic heterocycles. The fourth-order valence-electron chi connectivity index (χ4n) is 3.67. The van der Waals surface area contributed by atoms with Crippen molar-refractivity contribution in [3.8, 4) is 0 Å². The first-order valence-electron chi connectivity index (χ1n) is 10.0. The van der Waals surface area contributed by atoms with E-state index < -0.39 is 18.0 Å². The van der Waals surface area contributed by atoms with Crippen molar-refractivity contribution in [1.29, 1.82) is 0 Å². The summed E-state index contributed by atoms with van der Waals surface area (Å²) in [4.78, 5) is 45.7. The Balaban J connectivity index is 1.62. The smallest absolute Gasteiger partial charge is 0.315 e. The molecule has 0 spiro atoms. The summed E-state index contributed by atoms with van der Waals surface area (Å²) >= 11 is 1.87. The maximum Gasteiger partial charge on any atom is 0.315 e. The van der Waals surface area contributed by atoms with E-state index in [1.54, 1.807) is 0 Å². The Morgan fingerprint density at radius 3 is 2.66 bits per heavy atom. The highest BCUT2D eigenvalue weighted by Crippen LogP contribution is 2.33. The van der Waals surface area contributed by atoms with Crippen LogP contribution in [0.3, 0.4) is 0 Å². The summed E-state index contributed by atoms with van der Waals surface area (Å²) in [7, 11) is 0. The van der Waals surface area contributed by atoms with Crippen molar-refractivity contribution in [2.45, 2.75) is 82.4 Å². The maximum atomic E-state index is 12.2. The molecule has 29 heavy (non-hydrogen) atoms. The molecule has 3 N–H and O–H groups in total. The molecule has 164 valence electrons. The number of hydrogen-bond acceptors (Lipinski definition) is 7. The predicted octanol–water partition coefficient (Wildman–Crippen LogP) is 1.10. The van der Waals surface area contributed by atoms with Gasteiger partial charge in [-0.25, -0.2) is 4.79 Å². The fraction of sp³-hybridized carbons (Fsp3) is 0.789. The van der Waals surface area contributed by atoms with Crippen LogP contribution >= 0.6 is 11.8 Å². The summed E-state index contributed by atoms with van der Waals surface area (Å²) in [6.07, 6.45) is 2.86. The van der Waals surface area contributed by atoms with Crippen LogP contribution < -0.4 is 16.0 Å². The zero-order valence-electron chi connectivity index (χ0n) is 17.2. The largest absolute Gasteiger partial charge is 0.462 e. The Labute approximate surface area is 175 Å². The predicted molar refractivity (Wildman–Crippen MR) is 108 cm³/mol. The minimum atomic E-state index is -0.589. The number of fused-ring (bicyclic) bond motifs is 1. The first kappa shape index (κ1) is 23.3. The molecule has 2 heterocycles. The Kier molecular flexibility index (Phi) is 9.06.